The van der Waals surface area contributed by atoms with Crippen LogP contribution in [0.3, 0.4) is 0 Å². The molecule has 0 aliphatic rings. The number of nitrogens with one attached hydrogen (secondary N) is 1. The van der Waals surface area contributed by atoms with Gasteiger partial charge < -0.3 is 11.1 Å². The van der Waals surface area contributed by atoms with Crippen LogP contribution < -0.4 is 16.2 Å². The number of aryl methyl sites for hydroxylation is 1. The second kappa shape index (κ2) is 6.55. The lowest BCUT2D eigenvalue weighted by molar-refractivity contribution is -0.118. The van der Waals surface area contributed by atoms with Crippen LogP contribution in [0, 0.1) is 19.8 Å². The molecule has 7 heteroatoms. The summed E-state index contributed by atoms with van der Waals surface area (Å²) in [6.45, 7) is 7.40. The molecule has 0 radical (unpaired) electrons. The summed E-state index contributed by atoms with van der Waals surface area (Å²) in [5.41, 5.74) is 7.81. The first-order valence-electron chi connectivity index (χ1n) is 6.78. The maximum atomic E-state index is 12.1. The molecule has 0 spiro atoms. The van der Waals surface area contributed by atoms with E-state index in [1.165, 1.54) is 12.1 Å². The summed E-state index contributed by atoms with van der Waals surface area (Å²) in [5, 5.41) is 7.83. The van der Waals surface area contributed by atoms with Gasteiger partial charge in [0, 0.05) is 5.69 Å². The van der Waals surface area contributed by atoms with Gasteiger partial charge >= 0.3 is 0 Å². The van der Waals surface area contributed by atoms with Crippen LogP contribution >= 0.6 is 0 Å². The minimum atomic E-state index is -3.82. The molecule has 1 aromatic carbocycles. The molecule has 1 rings (SSSR count). The van der Waals surface area contributed by atoms with Crippen molar-refractivity contribution < 1.29 is 13.2 Å². The third-order valence-corrected chi connectivity index (χ3v) is 4.68. The summed E-state index contributed by atoms with van der Waals surface area (Å²) in [7, 11) is -3.82. The van der Waals surface area contributed by atoms with Crippen LogP contribution in [0.25, 0.3) is 0 Å². The lowest BCUT2D eigenvalue weighted by Gasteiger charge is -2.19. The average Bonchev–Trinajstić information content (AvgIpc) is 2.40. The lowest BCUT2D eigenvalue weighted by Crippen LogP contribution is -2.40. The molecular formula is C14H23N3O3S. The maximum absolute atomic E-state index is 12.1. The molecule has 0 aromatic heterocycles. The molecule has 0 bridgehead atoms. The summed E-state index contributed by atoms with van der Waals surface area (Å²) in [5.74, 6) is -0.300. The number of amides is 1. The maximum Gasteiger partial charge on any atom is 0.241 e. The Morgan fingerprint density at radius 2 is 1.90 bits per heavy atom. The molecular weight excluding hydrogens is 290 g/mol. The lowest BCUT2D eigenvalue weighted by atomic mass is 9.99. The van der Waals surface area contributed by atoms with E-state index in [9.17, 15) is 13.2 Å². The fraction of sp³-hybridized carbons (Fsp3) is 0.500. The Balaban J connectivity index is 3.14. The topological polar surface area (TPSA) is 115 Å². The van der Waals surface area contributed by atoms with Gasteiger partial charge in [-0.1, -0.05) is 20.3 Å². The number of anilines is 1. The van der Waals surface area contributed by atoms with Gasteiger partial charge in [-0.25, -0.2) is 13.6 Å². The number of hydrogen-bond donors (Lipinski definition) is 3. The zero-order chi connectivity index (χ0) is 16.4. The molecule has 0 aliphatic carbocycles. The van der Waals surface area contributed by atoms with Crippen molar-refractivity contribution in [3.05, 3.63) is 23.3 Å². The smallest absolute Gasteiger partial charge is 0.241 e. The zero-order valence-electron chi connectivity index (χ0n) is 12.8. The third-order valence-electron chi connectivity index (χ3n) is 3.79. The number of hydrogen-bond acceptors (Lipinski definition) is 4. The predicted molar refractivity (Wildman–Crippen MR) is 83.3 cm³/mol. The van der Waals surface area contributed by atoms with E-state index in [0.29, 0.717) is 5.69 Å². The van der Waals surface area contributed by atoms with E-state index in [0.717, 1.165) is 17.5 Å². The number of carbonyl (C=O) groups is 1. The summed E-state index contributed by atoms with van der Waals surface area (Å²) < 4.78 is 22.9. The molecule has 118 valence electrons. The van der Waals surface area contributed by atoms with Gasteiger partial charge in [0.25, 0.3) is 0 Å². The first kappa shape index (κ1) is 17.6. The monoisotopic (exact) mass is 313 g/mol. The highest BCUT2D eigenvalue weighted by Crippen LogP contribution is 2.24. The van der Waals surface area contributed by atoms with E-state index in [-0.39, 0.29) is 16.7 Å². The zero-order valence-corrected chi connectivity index (χ0v) is 13.6. The molecule has 0 heterocycles. The number of benzene rings is 1. The Hall–Kier alpha value is -1.44. The molecule has 2 atom stereocenters. The molecule has 0 fully saturated rings. The quantitative estimate of drug-likeness (QED) is 0.759. The van der Waals surface area contributed by atoms with E-state index >= 15 is 0 Å². The second-order valence-corrected chi connectivity index (χ2v) is 6.92. The van der Waals surface area contributed by atoms with Crippen molar-refractivity contribution in [2.24, 2.45) is 16.8 Å². The Morgan fingerprint density at radius 1 is 1.33 bits per heavy atom. The number of sulfonamides is 1. The third kappa shape index (κ3) is 4.26. The van der Waals surface area contributed by atoms with Gasteiger partial charge in [-0.15, -0.1) is 0 Å². The van der Waals surface area contributed by atoms with Gasteiger partial charge in [0.1, 0.15) is 0 Å². The highest BCUT2D eigenvalue weighted by Gasteiger charge is 2.21. The van der Waals surface area contributed by atoms with Crippen molar-refractivity contribution in [3.63, 3.8) is 0 Å². The first-order valence-corrected chi connectivity index (χ1v) is 8.33. The number of nitrogens with two attached hydrogens (primary N) is 2. The van der Waals surface area contributed by atoms with Gasteiger partial charge in [0.2, 0.25) is 15.9 Å². The molecule has 1 aromatic rings. The van der Waals surface area contributed by atoms with Crippen molar-refractivity contribution >= 4 is 21.6 Å². The molecule has 0 saturated carbocycles. The van der Waals surface area contributed by atoms with Crippen LogP contribution in [0.1, 0.15) is 31.4 Å². The fourth-order valence-electron chi connectivity index (χ4n) is 1.85. The fourth-order valence-corrected chi connectivity index (χ4v) is 2.47. The van der Waals surface area contributed by atoms with Crippen LogP contribution in [-0.4, -0.2) is 20.4 Å². The average molecular weight is 313 g/mol. The second-order valence-electron chi connectivity index (χ2n) is 5.36. The largest absolute Gasteiger partial charge is 0.324 e. The van der Waals surface area contributed by atoms with Crippen molar-refractivity contribution in [2.75, 3.05) is 5.32 Å². The minimum Gasteiger partial charge on any atom is -0.324 e. The highest BCUT2D eigenvalue weighted by molar-refractivity contribution is 7.89. The van der Waals surface area contributed by atoms with E-state index in [1.54, 1.807) is 13.8 Å². The van der Waals surface area contributed by atoms with E-state index in [2.05, 4.69) is 5.32 Å². The summed E-state index contributed by atoms with van der Waals surface area (Å²) in [6, 6.07) is 2.20. The van der Waals surface area contributed by atoms with Gasteiger partial charge in [0.05, 0.1) is 10.9 Å². The number of rotatable bonds is 5. The standard InChI is InChI=1S/C14H23N3O3S/c1-5-8(2)13(15)14(18)17-12-7-11(21(16,19)20)6-9(3)10(12)4/h6-8,13H,5,15H2,1-4H3,(H,17,18)(H2,16,19,20)/t8-,13-/m0/s1. The SMILES string of the molecule is CC[C@H](C)[C@H](N)C(=O)Nc1cc(S(N)(=O)=O)cc(C)c1C. The van der Waals surface area contributed by atoms with E-state index in [1.807, 2.05) is 13.8 Å². The molecule has 0 aliphatic heterocycles. The molecule has 0 saturated heterocycles. The van der Waals surface area contributed by atoms with Gasteiger partial charge in [-0.3, -0.25) is 4.79 Å². The van der Waals surface area contributed by atoms with Gasteiger partial charge in [-0.2, -0.15) is 0 Å². The van der Waals surface area contributed by atoms with Gasteiger partial charge in [-0.05, 0) is 43.0 Å². The molecule has 1 amide bonds. The normalized spacial score (nSPS) is 14.6. The van der Waals surface area contributed by atoms with E-state index in [4.69, 9.17) is 10.9 Å². The Kier molecular flexibility index (Phi) is 5.49. The Labute approximate surface area is 126 Å². The van der Waals surface area contributed by atoms with Crippen molar-refractivity contribution in [1.29, 1.82) is 0 Å². The highest BCUT2D eigenvalue weighted by atomic mass is 32.2. The van der Waals surface area contributed by atoms with Crippen LogP contribution in [0.15, 0.2) is 17.0 Å². The molecule has 5 N–H and O–H groups in total. The van der Waals surface area contributed by atoms with E-state index < -0.39 is 16.1 Å². The van der Waals surface area contributed by atoms with Crippen LogP contribution in [0.4, 0.5) is 5.69 Å². The summed E-state index contributed by atoms with van der Waals surface area (Å²) >= 11 is 0. The molecule has 21 heavy (non-hydrogen) atoms. The van der Waals surface area contributed by atoms with Crippen LogP contribution in [0.2, 0.25) is 0 Å². The Morgan fingerprint density at radius 3 is 2.38 bits per heavy atom. The van der Waals surface area contributed by atoms with Crippen LogP contribution in [0.5, 0.6) is 0 Å². The Bertz CT molecular complexity index is 641. The predicted octanol–water partition coefficient (Wildman–Crippen LogP) is 1.26. The molecule has 6 nitrogen and oxygen atoms in total. The first-order chi connectivity index (χ1) is 9.57. The van der Waals surface area contributed by atoms with Crippen molar-refractivity contribution in [2.45, 2.75) is 45.1 Å². The van der Waals surface area contributed by atoms with Gasteiger partial charge in [0.15, 0.2) is 0 Å². The van der Waals surface area contributed by atoms with Crippen LogP contribution in [-0.2, 0) is 14.8 Å². The minimum absolute atomic E-state index is 0.0296. The van der Waals surface area contributed by atoms with Crippen molar-refractivity contribution in [1.82, 2.24) is 0 Å². The summed E-state index contributed by atoms with van der Waals surface area (Å²) in [4.78, 5) is 12.1. The summed E-state index contributed by atoms with van der Waals surface area (Å²) in [6.07, 6.45) is 0.782. The number of carbonyl (C=O) groups excluding carboxylic acids is 1. The van der Waals surface area contributed by atoms with Crippen molar-refractivity contribution in [3.8, 4) is 0 Å². The molecule has 0 unspecified atom stereocenters. The number of primary sulfonamides is 1.